The van der Waals surface area contributed by atoms with Crippen LogP contribution in [0.4, 0.5) is 4.79 Å². The lowest BCUT2D eigenvalue weighted by molar-refractivity contribution is -0.140. The largest absolute Gasteiger partial charge is 0.426 e. The lowest BCUT2D eigenvalue weighted by Gasteiger charge is -2.29. The Balaban J connectivity index is 1.87. The predicted octanol–water partition coefficient (Wildman–Crippen LogP) is 0.555. The molecular formula is C21H32N4O5. The first kappa shape index (κ1) is 23.8. The molecule has 2 amide bonds. The van der Waals surface area contributed by atoms with Gasteiger partial charge in [-0.3, -0.25) is 9.69 Å². The van der Waals surface area contributed by atoms with Crippen molar-refractivity contribution in [3.8, 4) is 0 Å². The molecule has 1 saturated heterocycles. The fourth-order valence-corrected chi connectivity index (χ4v) is 3.04. The van der Waals surface area contributed by atoms with E-state index in [0.29, 0.717) is 39.1 Å². The first-order valence-electron chi connectivity index (χ1n) is 10.2. The highest BCUT2D eigenvalue weighted by Gasteiger charge is 2.23. The number of carbonyl (C=O) groups excluding carboxylic acids is 3. The normalized spacial score (nSPS) is 14.9. The second-order valence-electron chi connectivity index (χ2n) is 7.77. The molecule has 0 spiro atoms. The van der Waals surface area contributed by atoms with Crippen molar-refractivity contribution < 1.29 is 24.0 Å². The minimum atomic E-state index is -0.763. The van der Waals surface area contributed by atoms with Gasteiger partial charge in [0, 0.05) is 38.1 Å². The molecule has 166 valence electrons. The number of hydroxylamine groups is 2. The van der Waals surface area contributed by atoms with Crippen molar-refractivity contribution in [1.29, 1.82) is 0 Å². The number of nitrogens with zero attached hydrogens (tertiary/aromatic N) is 2. The first-order chi connectivity index (χ1) is 14.4. The maximum Gasteiger partial charge on any atom is 0.426 e. The van der Waals surface area contributed by atoms with Gasteiger partial charge >= 0.3 is 6.09 Å². The van der Waals surface area contributed by atoms with Gasteiger partial charge in [0.1, 0.15) is 12.8 Å². The van der Waals surface area contributed by atoms with Gasteiger partial charge in [-0.25, -0.2) is 4.79 Å². The van der Waals surface area contributed by atoms with Crippen LogP contribution in [0, 0.1) is 0 Å². The van der Waals surface area contributed by atoms with Gasteiger partial charge in [0.05, 0.1) is 19.8 Å². The number of hydrogen-bond donors (Lipinski definition) is 2. The maximum atomic E-state index is 12.5. The number of hydrogen-bond acceptors (Lipinski definition) is 7. The number of ether oxygens (including phenoxy) is 1. The molecular weight excluding hydrogens is 388 g/mol. The van der Waals surface area contributed by atoms with Gasteiger partial charge in [-0.1, -0.05) is 44.2 Å². The molecule has 2 rings (SSSR count). The van der Waals surface area contributed by atoms with Crippen LogP contribution in [-0.2, 0) is 24.6 Å². The van der Waals surface area contributed by atoms with E-state index in [4.69, 9.17) is 9.57 Å². The summed E-state index contributed by atoms with van der Waals surface area (Å²) in [6.07, 6.45) is -0.195. The Bertz CT molecular complexity index is 677. The van der Waals surface area contributed by atoms with E-state index in [-0.39, 0.29) is 24.4 Å². The zero-order valence-electron chi connectivity index (χ0n) is 17.8. The van der Waals surface area contributed by atoms with Gasteiger partial charge in [-0.15, -0.1) is 5.06 Å². The van der Waals surface area contributed by atoms with Crippen molar-refractivity contribution in [3.63, 3.8) is 0 Å². The first-order valence-corrected chi connectivity index (χ1v) is 10.2. The number of morpholine rings is 1. The molecule has 1 aliphatic heterocycles. The average Bonchev–Trinajstić information content (AvgIpc) is 2.76. The topological polar surface area (TPSA) is 100 Å². The monoisotopic (exact) mass is 420 g/mol. The smallest absolute Gasteiger partial charge is 0.379 e. The molecule has 0 radical (unpaired) electrons. The molecule has 0 saturated carbocycles. The molecule has 1 aliphatic rings. The Morgan fingerprint density at radius 1 is 1.20 bits per heavy atom. The van der Waals surface area contributed by atoms with Crippen LogP contribution >= 0.6 is 0 Å². The quantitative estimate of drug-likeness (QED) is 0.398. The lowest BCUT2D eigenvalue weighted by atomic mass is 9.84. The zero-order chi connectivity index (χ0) is 21.8. The Hall–Kier alpha value is -2.49. The van der Waals surface area contributed by atoms with Crippen molar-refractivity contribution in [2.24, 2.45) is 0 Å². The van der Waals surface area contributed by atoms with E-state index in [1.165, 1.54) is 5.06 Å². The summed E-state index contributed by atoms with van der Waals surface area (Å²) >= 11 is 0. The predicted molar refractivity (Wildman–Crippen MR) is 112 cm³/mol. The van der Waals surface area contributed by atoms with Crippen LogP contribution in [0.2, 0.25) is 0 Å². The van der Waals surface area contributed by atoms with E-state index in [1.807, 2.05) is 30.3 Å². The molecule has 2 N–H and O–H groups in total. The fourth-order valence-electron chi connectivity index (χ4n) is 3.04. The summed E-state index contributed by atoms with van der Waals surface area (Å²) in [5.41, 5.74) is 0.886. The molecule has 0 aromatic heterocycles. The highest BCUT2D eigenvalue weighted by molar-refractivity contribution is 5.78. The summed E-state index contributed by atoms with van der Waals surface area (Å²) in [6.45, 7) is 8.24. The highest BCUT2D eigenvalue weighted by atomic mass is 16.7. The number of aldehydes is 1. The molecule has 1 aromatic rings. The van der Waals surface area contributed by atoms with Gasteiger partial charge in [0.15, 0.2) is 0 Å². The molecule has 30 heavy (non-hydrogen) atoms. The second-order valence-corrected chi connectivity index (χ2v) is 7.77. The average molecular weight is 421 g/mol. The van der Waals surface area contributed by atoms with E-state index >= 15 is 0 Å². The number of nitrogens with one attached hydrogen (secondary N) is 2. The van der Waals surface area contributed by atoms with Crippen molar-refractivity contribution in [1.82, 2.24) is 20.6 Å². The minimum absolute atomic E-state index is 0.0935. The summed E-state index contributed by atoms with van der Waals surface area (Å²) in [5, 5.41) is 6.56. The molecule has 0 bridgehead atoms. The number of rotatable bonds is 11. The molecule has 1 fully saturated rings. The Labute approximate surface area is 177 Å². The Morgan fingerprint density at radius 3 is 2.57 bits per heavy atom. The van der Waals surface area contributed by atoms with Crippen LogP contribution < -0.4 is 10.6 Å². The third-order valence-corrected chi connectivity index (χ3v) is 4.91. The van der Waals surface area contributed by atoms with Crippen LogP contribution in [0.3, 0.4) is 0 Å². The van der Waals surface area contributed by atoms with Crippen molar-refractivity contribution in [2.75, 3.05) is 59.0 Å². The van der Waals surface area contributed by atoms with Crippen LogP contribution in [0.5, 0.6) is 0 Å². The molecule has 1 aromatic carbocycles. The van der Waals surface area contributed by atoms with Gasteiger partial charge < -0.3 is 25.0 Å². The van der Waals surface area contributed by atoms with Crippen LogP contribution in [0.15, 0.2) is 30.3 Å². The number of amides is 2. The van der Waals surface area contributed by atoms with E-state index < -0.39 is 6.09 Å². The highest BCUT2D eigenvalue weighted by Crippen LogP contribution is 2.21. The summed E-state index contributed by atoms with van der Waals surface area (Å²) < 4.78 is 5.33. The van der Waals surface area contributed by atoms with Crippen molar-refractivity contribution in [3.05, 3.63) is 35.9 Å². The molecule has 1 heterocycles. The van der Waals surface area contributed by atoms with E-state index in [9.17, 15) is 14.4 Å². The van der Waals surface area contributed by atoms with E-state index in [2.05, 4.69) is 29.4 Å². The van der Waals surface area contributed by atoms with Crippen molar-refractivity contribution >= 4 is 18.3 Å². The summed E-state index contributed by atoms with van der Waals surface area (Å²) in [7, 11) is 0. The second kappa shape index (κ2) is 12.3. The lowest BCUT2D eigenvalue weighted by Crippen LogP contribution is -2.47. The van der Waals surface area contributed by atoms with Crippen molar-refractivity contribution in [2.45, 2.75) is 19.3 Å². The van der Waals surface area contributed by atoms with Gasteiger partial charge in [-0.2, -0.15) is 0 Å². The summed E-state index contributed by atoms with van der Waals surface area (Å²) in [4.78, 5) is 42.2. The van der Waals surface area contributed by atoms with Gasteiger partial charge in [0.2, 0.25) is 5.91 Å². The standard InChI is InChI=1S/C21H32N4O5/c1-21(2,18-6-4-3-5-7-18)17-23-19(27)16-25(30-20(28)22-8-13-26)10-9-24-11-14-29-15-12-24/h3-7,13H,8-12,14-17H2,1-2H3,(H,22,28)(H,23,27). The number of carbonyl (C=O) groups is 3. The fraction of sp³-hybridized carbons (Fsp3) is 0.571. The molecule has 9 nitrogen and oxygen atoms in total. The SMILES string of the molecule is CC(C)(CNC(=O)CN(CCN1CCOCC1)OC(=O)NCC=O)c1ccccc1. The molecule has 0 atom stereocenters. The summed E-state index contributed by atoms with van der Waals surface area (Å²) in [6, 6.07) is 9.95. The third kappa shape index (κ3) is 8.48. The Morgan fingerprint density at radius 2 is 1.90 bits per heavy atom. The Kier molecular flexibility index (Phi) is 9.72. The van der Waals surface area contributed by atoms with Gasteiger partial charge in [-0.05, 0) is 5.56 Å². The molecule has 0 unspecified atom stereocenters. The van der Waals surface area contributed by atoms with E-state index in [0.717, 1.165) is 18.7 Å². The minimum Gasteiger partial charge on any atom is -0.379 e. The van der Waals surface area contributed by atoms with Crippen LogP contribution in [-0.4, -0.2) is 87.3 Å². The van der Waals surface area contributed by atoms with E-state index in [1.54, 1.807) is 0 Å². The zero-order valence-corrected chi connectivity index (χ0v) is 17.8. The maximum absolute atomic E-state index is 12.5. The number of benzene rings is 1. The summed E-state index contributed by atoms with van der Waals surface area (Å²) in [5.74, 6) is -0.246. The third-order valence-electron chi connectivity index (χ3n) is 4.91. The molecule has 9 heteroatoms. The van der Waals surface area contributed by atoms with Crippen LogP contribution in [0.25, 0.3) is 0 Å². The van der Waals surface area contributed by atoms with Crippen LogP contribution in [0.1, 0.15) is 19.4 Å². The van der Waals surface area contributed by atoms with Gasteiger partial charge in [0.25, 0.3) is 0 Å². The molecule has 0 aliphatic carbocycles.